The molecule has 4 aromatic carbocycles. The van der Waals surface area contributed by atoms with Crippen LogP contribution in [-0.2, 0) is 4.79 Å². The number of nitriles is 1. The molecule has 0 atom stereocenters. The van der Waals surface area contributed by atoms with Gasteiger partial charge in [-0.15, -0.1) is 11.3 Å². The van der Waals surface area contributed by atoms with Gasteiger partial charge in [-0.25, -0.2) is 4.98 Å². The Balaban J connectivity index is 1.34. The summed E-state index contributed by atoms with van der Waals surface area (Å²) in [6, 6.07) is 24.6. The molecular weight excluding hydrogens is 629 g/mol. The number of halogens is 2. The van der Waals surface area contributed by atoms with Crippen LogP contribution in [0.3, 0.4) is 0 Å². The molecule has 0 spiro atoms. The largest absolute Gasteiger partial charge is 0.322 e. The monoisotopic (exact) mass is 645 g/mol. The van der Waals surface area contributed by atoms with Crippen LogP contribution in [0.25, 0.3) is 16.3 Å². The average Bonchev–Trinajstić information content (AvgIpc) is 3.39. The quantitative estimate of drug-likeness (QED) is 0.0747. The first kappa shape index (κ1) is 29.8. The molecule has 0 unspecified atom stereocenters. The summed E-state index contributed by atoms with van der Waals surface area (Å²) >= 11 is 14.4. The Morgan fingerprint density at radius 3 is 2.44 bits per heavy atom. The molecule has 212 valence electrons. The molecule has 0 saturated carbocycles. The minimum Gasteiger partial charge on any atom is -0.322 e. The average molecular weight is 647 g/mol. The van der Waals surface area contributed by atoms with Crippen LogP contribution in [0.4, 0.5) is 17.1 Å². The van der Waals surface area contributed by atoms with Crippen molar-refractivity contribution in [3.8, 4) is 6.07 Å². The highest BCUT2D eigenvalue weighted by Gasteiger charge is 2.19. The molecule has 13 heteroatoms. The summed E-state index contributed by atoms with van der Waals surface area (Å²) in [5, 5.41) is 27.7. The van der Waals surface area contributed by atoms with Crippen LogP contribution in [0.2, 0.25) is 10.0 Å². The number of carbonyl (C=O) groups is 2. The van der Waals surface area contributed by atoms with Crippen molar-refractivity contribution in [3.05, 3.63) is 122 Å². The second-order valence-electron chi connectivity index (χ2n) is 8.81. The van der Waals surface area contributed by atoms with Crippen LogP contribution in [0, 0.1) is 21.4 Å². The van der Waals surface area contributed by atoms with Crippen molar-refractivity contribution in [1.29, 1.82) is 5.26 Å². The number of thiazole rings is 1. The van der Waals surface area contributed by atoms with E-state index in [-0.39, 0.29) is 17.2 Å². The number of nitro groups is 1. The van der Waals surface area contributed by atoms with Crippen molar-refractivity contribution < 1.29 is 14.5 Å². The fraction of sp³-hybridized carbons (Fsp3) is 0. The number of aromatic nitrogens is 1. The summed E-state index contributed by atoms with van der Waals surface area (Å²) in [6.07, 6.45) is 1.28. The zero-order chi connectivity index (χ0) is 30.5. The molecule has 0 aliphatic rings. The van der Waals surface area contributed by atoms with Gasteiger partial charge < -0.3 is 10.6 Å². The first-order valence-corrected chi connectivity index (χ1v) is 14.7. The molecular formula is C30H17Cl2N5O4S2. The number of benzene rings is 4. The summed E-state index contributed by atoms with van der Waals surface area (Å²) < 4.78 is 1.32. The van der Waals surface area contributed by atoms with Crippen molar-refractivity contribution >= 4 is 91.5 Å². The standard InChI is InChI=1S/C30H17Cl2N5O4S2/c31-19-6-8-20(9-7-19)34-28(38)18(16-33)13-17-5-12-26(25(14-17)37(40)41)42-30-36-24-11-10-21(15-27(24)43-30)35-29(39)22-3-1-2-4-23(22)32/h1-15H,(H,34,38)(H,35,39)/b18-13+. The van der Waals surface area contributed by atoms with Gasteiger partial charge in [0.05, 0.1) is 30.6 Å². The summed E-state index contributed by atoms with van der Waals surface area (Å²) in [5.41, 5.74) is 1.87. The number of hydrogen-bond donors (Lipinski definition) is 2. The Morgan fingerprint density at radius 1 is 0.977 bits per heavy atom. The molecule has 0 saturated heterocycles. The topological polar surface area (TPSA) is 138 Å². The van der Waals surface area contributed by atoms with Crippen molar-refractivity contribution in [1.82, 2.24) is 4.98 Å². The number of hydrogen-bond acceptors (Lipinski definition) is 8. The summed E-state index contributed by atoms with van der Waals surface area (Å²) in [4.78, 5) is 41.5. The van der Waals surface area contributed by atoms with Gasteiger partial charge in [-0.3, -0.25) is 19.7 Å². The molecule has 0 aliphatic carbocycles. The van der Waals surface area contributed by atoms with Crippen LogP contribution in [0.5, 0.6) is 0 Å². The van der Waals surface area contributed by atoms with Gasteiger partial charge in [0.25, 0.3) is 17.5 Å². The number of anilines is 2. The van der Waals surface area contributed by atoms with E-state index in [1.807, 2.05) is 6.07 Å². The number of nitrogens with one attached hydrogen (secondary N) is 2. The molecule has 1 aromatic heterocycles. The van der Waals surface area contributed by atoms with Gasteiger partial charge in [0.15, 0.2) is 4.34 Å². The predicted molar refractivity (Wildman–Crippen MR) is 170 cm³/mol. The maximum atomic E-state index is 12.6. The van der Waals surface area contributed by atoms with Crippen LogP contribution < -0.4 is 10.6 Å². The summed E-state index contributed by atoms with van der Waals surface area (Å²) in [6.45, 7) is 0. The van der Waals surface area contributed by atoms with Gasteiger partial charge in [-0.05, 0) is 72.3 Å². The first-order valence-electron chi connectivity index (χ1n) is 12.3. The summed E-state index contributed by atoms with van der Waals surface area (Å²) in [7, 11) is 0. The molecule has 5 aromatic rings. The van der Waals surface area contributed by atoms with E-state index < -0.39 is 10.8 Å². The van der Waals surface area contributed by atoms with Crippen molar-refractivity contribution in [2.24, 2.45) is 0 Å². The van der Waals surface area contributed by atoms with Crippen LogP contribution in [0.15, 0.2) is 99.7 Å². The molecule has 43 heavy (non-hydrogen) atoms. The smallest absolute Gasteiger partial charge is 0.283 e. The third kappa shape index (κ3) is 7.20. The van der Waals surface area contributed by atoms with Gasteiger partial charge in [-0.1, -0.05) is 53.2 Å². The van der Waals surface area contributed by atoms with Gasteiger partial charge in [0.1, 0.15) is 11.6 Å². The first-order chi connectivity index (χ1) is 20.7. The lowest BCUT2D eigenvalue weighted by atomic mass is 10.1. The van der Waals surface area contributed by atoms with Crippen molar-refractivity contribution in [2.45, 2.75) is 9.24 Å². The summed E-state index contributed by atoms with van der Waals surface area (Å²) in [5.74, 6) is -1.02. The number of nitrogens with zero attached hydrogens (tertiary/aromatic N) is 3. The van der Waals surface area contributed by atoms with Crippen LogP contribution in [0.1, 0.15) is 15.9 Å². The molecule has 0 aliphatic heterocycles. The lowest BCUT2D eigenvalue weighted by molar-refractivity contribution is -0.387. The maximum absolute atomic E-state index is 12.6. The molecule has 0 bridgehead atoms. The van der Waals surface area contributed by atoms with E-state index in [2.05, 4.69) is 15.6 Å². The van der Waals surface area contributed by atoms with E-state index in [4.69, 9.17) is 23.2 Å². The number of carbonyl (C=O) groups excluding carboxylic acids is 2. The molecule has 2 N–H and O–H groups in total. The number of amides is 2. The molecule has 2 amide bonds. The van der Waals surface area contributed by atoms with E-state index in [1.165, 1.54) is 23.5 Å². The third-order valence-corrected chi connectivity index (χ3v) is 8.63. The van der Waals surface area contributed by atoms with E-state index in [1.54, 1.807) is 78.9 Å². The van der Waals surface area contributed by atoms with E-state index in [9.17, 15) is 25.0 Å². The fourth-order valence-corrected chi connectivity index (χ4v) is 6.36. The molecule has 9 nitrogen and oxygen atoms in total. The molecule has 0 radical (unpaired) electrons. The lowest BCUT2D eigenvalue weighted by Crippen LogP contribution is -2.13. The maximum Gasteiger partial charge on any atom is 0.283 e. The van der Waals surface area contributed by atoms with Gasteiger partial charge in [0.2, 0.25) is 0 Å². The number of fused-ring (bicyclic) bond motifs is 1. The second kappa shape index (κ2) is 13.1. The normalized spacial score (nSPS) is 11.1. The van der Waals surface area contributed by atoms with Gasteiger partial charge in [0, 0.05) is 22.5 Å². The van der Waals surface area contributed by atoms with Crippen molar-refractivity contribution in [3.63, 3.8) is 0 Å². The Labute approximate surface area is 262 Å². The number of nitro benzene ring substituents is 1. The SMILES string of the molecule is N#C/C(=C\c1ccc(Sc2nc3ccc(NC(=O)c4ccccc4Cl)cc3s2)c([N+](=O)[O-])c1)C(=O)Nc1ccc(Cl)cc1. The Hall–Kier alpha value is -4.73. The Morgan fingerprint density at radius 2 is 1.72 bits per heavy atom. The highest BCUT2D eigenvalue weighted by molar-refractivity contribution is 8.01. The fourth-order valence-electron chi connectivity index (χ4n) is 3.86. The van der Waals surface area contributed by atoms with Crippen LogP contribution in [-0.4, -0.2) is 21.7 Å². The van der Waals surface area contributed by atoms with E-state index in [0.717, 1.165) is 16.5 Å². The number of rotatable bonds is 8. The Bertz CT molecular complexity index is 1970. The molecule has 1 heterocycles. The minimum absolute atomic E-state index is 0.207. The van der Waals surface area contributed by atoms with E-state index in [0.29, 0.717) is 47.3 Å². The third-order valence-electron chi connectivity index (χ3n) is 5.90. The molecule has 0 fully saturated rings. The zero-order valence-electron chi connectivity index (χ0n) is 21.7. The molecule has 5 rings (SSSR count). The predicted octanol–water partition coefficient (Wildman–Crippen LogP) is 8.46. The van der Waals surface area contributed by atoms with Gasteiger partial charge in [-0.2, -0.15) is 5.26 Å². The highest BCUT2D eigenvalue weighted by atomic mass is 35.5. The highest BCUT2D eigenvalue weighted by Crippen LogP contribution is 2.40. The minimum atomic E-state index is -0.664. The van der Waals surface area contributed by atoms with Crippen LogP contribution >= 0.6 is 46.3 Å². The zero-order valence-corrected chi connectivity index (χ0v) is 24.9. The second-order valence-corrected chi connectivity index (χ2v) is 12.0. The Kier molecular flexibility index (Phi) is 9.04. The van der Waals surface area contributed by atoms with Gasteiger partial charge >= 0.3 is 0 Å². The van der Waals surface area contributed by atoms with E-state index >= 15 is 0 Å². The van der Waals surface area contributed by atoms with Crippen molar-refractivity contribution in [2.75, 3.05) is 10.6 Å². The lowest BCUT2D eigenvalue weighted by Gasteiger charge is -2.06.